The Bertz CT molecular complexity index is 420. The monoisotopic (exact) mass is 342 g/mol. The molecule has 0 aliphatic rings. The number of carbonyl (C=O) groups excluding carboxylic acids is 2. The molecule has 0 radical (unpaired) electrons. The summed E-state index contributed by atoms with van der Waals surface area (Å²) in [6.45, 7) is 2.55. The van der Waals surface area contributed by atoms with E-state index in [1.807, 2.05) is 21.1 Å². The van der Waals surface area contributed by atoms with Crippen molar-refractivity contribution < 1.29 is 42.1 Å². The molecule has 0 aliphatic carbocycles. The molecule has 2 atom stereocenters. The van der Waals surface area contributed by atoms with Gasteiger partial charge in [-0.2, -0.15) is 0 Å². The Hall–Kier alpha value is -0.990. The Labute approximate surface area is 130 Å². The molecule has 9 nitrogen and oxygen atoms in total. The number of rotatable bonds is 10. The Kier molecular flexibility index (Phi) is 8.80. The van der Waals surface area contributed by atoms with Gasteiger partial charge >= 0.3 is 19.8 Å². The number of quaternary nitrogens is 1. The van der Waals surface area contributed by atoms with Gasteiger partial charge in [-0.05, 0) is 6.92 Å². The number of ether oxygens (including phenoxy) is 2. The van der Waals surface area contributed by atoms with Gasteiger partial charge in [0.2, 0.25) is 0 Å². The van der Waals surface area contributed by atoms with Crippen molar-refractivity contribution in [2.24, 2.45) is 0 Å². The lowest BCUT2D eigenvalue weighted by atomic mass is 10.4. The molecule has 0 amide bonds. The maximum Gasteiger partial charge on any atom is 0.472 e. The summed E-state index contributed by atoms with van der Waals surface area (Å²) in [4.78, 5) is 31.4. The zero-order valence-electron chi connectivity index (χ0n) is 13.6. The molecule has 0 aromatic carbocycles. The standard InChI is InChI=1S/C12H24NO8P/c1-10(21-11(2)14)12(15)18-8-9-20-22(16,17)19-7-6-13(3,4)5/h10H,6-9H2,1-5H3/p+1. The van der Waals surface area contributed by atoms with Crippen LogP contribution in [0.5, 0.6) is 0 Å². The highest BCUT2D eigenvalue weighted by molar-refractivity contribution is 7.47. The van der Waals surface area contributed by atoms with Crippen molar-refractivity contribution in [3.05, 3.63) is 0 Å². The average Bonchev–Trinajstić information content (AvgIpc) is 2.31. The first-order chi connectivity index (χ1) is 9.93. The number of hydrogen-bond donors (Lipinski definition) is 1. The summed E-state index contributed by atoms with van der Waals surface area (Å²) in [7, 11) is 1.57. The normalized spacial score (nSPS) is 15.7. The van der Waals surface area contributed by atoms with Crippen LogP contribution in [0.3, 0.4) is 0 Å². The number of esters is 2. The van der Waals surface area contributed by atoms with E-state index in [1.165, 1.54) is 13.8 Å². The van der Waals surface area contributed by atoms with Crippen molar-refractivity contribution in [2.45, 2.75) is 20.0 Å². The van der Waals surface area contributed by atoms with Gasteiger partial charge in [-0.1, -0.05) is 0 Å². The van der Waals surface area contributed by atoms with Crippen LogP contribution in [0.2, 0.25) is 0 Å². The second-order valence-corrected chi connectivity index (χ2v) is 7.02. The second-order valence-electron chi connectivity index (χ2n) is 5.57. The molecular weight excluding hydrogens is 317 g/mol. The molecule has 22 heavy (non-hydrogen) atoms. The summed E-state index contributed by atoms with van der Waals surface area (Å²) < 4.78 is 30.9. The first-order valence-corrected chi connectivity index (χ1v) is 8.19. The van der Waals surface area contributed by atoms with Gasteiger partial charge in [0.15, 0.2) is 6.10 Å². The van der Waals surface area contributed by atoms with Crippen molar-refractivity contribution >= 4 is 19.8 Å². The van der Waals surface area contributed by atoms with Crippen molar-refractivity contribution in [3.63, 3.8) is 0 Å². The van der Waals surface area contributed by atoms with E-state index in [0.717, 1.165) is 0 Å². The molecule has 0 rings (SSSR count). The highest BCUT2D eigenvalue weighted by Gasteiger charge is 2.23. The topological polar surface area (TPSA) is 108 Å². The molecular formula is C12H25NO8P+. The molecule has 0 heterocycles. The van der Waals surface area contributed by atoms with Crippen LogP contribution in [0.25, 0.3) is 0 Å². The molecule has 0 spiro atoms. The Morgan fingerprint density at radius 3 is 2.18 bits per heavy atom. The van der Waals surface area contributed by atoms with Crippen LogP contribution in [0.4, 0.5) is 0 Å². The molecule has 0 saturated heterocycles. The van der Waals surface area contributed by atoms with Gasteiger partial charge in [0.25, 0.3) is 0 Å². The van der Waals surface area contributed by atoms with Gasteiger partial charge in [-0.3, -0.25) is 13.8 Å². The largest absolute Gasteiger partial charge is 0.472 e. The molecule has 0 bridgehead atoms. The highest BCUT2D eigenvalue weighted by atomic mass is 31.2. The molecule has 0 fully saturated rings. The third-order valence-corrected chi connectivity index (χ3v) is 3.29. The van der Waals surface area contributed by atoms with Crippen LogP contribution in [-0.4, -0.2) is 74.9 Å². The molecule has 1 N–H and O–H groups in total. The SMILES string of the molecule is CC(=O)OC(C)C(=O)OCCOP(=O)(O)OCC[N+](C)(C)C. The van der Waals surface area contributed by atoms with E-state index >= 15 is 0 Å². The lowest BCUT2D eigenvalue weighted by Gasteiger charge is -2.24. The van der Waals surface area contributed by atoms with Crippen LogP contribution in [0.15, 0.2) is 0 Å². The van der Waals surface area contributed by atoms with Gasteiger partial charge < -0.3 is 18.9 Å². The molecule has 0 saturated carbocycles. The Balaban J connectivity index is 3.91. The highest BCUT2D eigenvalue weighted by Crippen LogP contribution is 2.42. The quantitative estimate of drug-likeness (QED) is 0.262. The minimum absolute atomic E-state index is 0.0561. The van der Waals surface area contributed by atoms with Crippen molar-refractivity contribution in [1.82, 2.24) is 0 Å². The van der Waals surface area contributed by atoms with Crippen LogP contribution >= 0.6 is 7.82 Å². The summed E-state index contributed by atoms with van der Waals surface area (Å²) in [5.74, 6) is -1.37. The number of phosphoric acid groups is 1. The number of hydrogen-bond acceptors (Lipinski definition) is 7. The van der Waals surface area contributed by atoms with Gasteiger partial charge in [-0.15, -0.1) is 0 Å². The first-order valence-electron chi connectivity index (χ1n) is 6.69. The van der Waals surface area contributed by atoms with Crippen LogP contribution in [-0.2, 0) is 32.7 Å². The van der Waals surface area contributed by atoms with E-state index in [2.05, 4.69) is 9.26 Å². The van der Waals surface area contributed by atoms with Gasteiger partial charge in [0, 0.05) is 6.92 Å². The van der Waals surface area contributed by atoms with E-state index in [4.69, 9.17) is 9.26 Å². The van der Waals surface area contributed by atoms with E-state index in [1.54, 1.807) is 0 Å². The predicted octanol–water partition coefficient (Wildman–Crippen LogP) is 0.321. The summed E-state index contributed by atoms with van der Waals surface area (Å²) in [6.07, 6.45) is -1.04. The molecule has 0 aromatic rings. The first kappa shape index (κ1) is 21.0. The molecule has 10 heteroatoms. The zero-order chi connectivity index (χ0) is 17.4. The van der Waals surface area contributed by atoms with Gasteiger partial charge in [0.05, 0.1) is 27.7 Å². The minimum atomic E-state index is -4.17. The fraction of sp³-hybridized carbons (Fsp3) is 0.833. The zero-order valence-corrected chi connectivity index (χ0v) is 14.5. The van der Waals surface area contributed by atoms with E-state index in [-0.39, 0.29) is 19.8 Å². The number of carbonyl (C=O) groups is 2. The third kappa shape index (κ3) is 11.6. The van der Waals surface area contributed by atoms with E-state index in [9.17, 15) is 19.0 Å². The molecule has 2 unspecified atom stereocenters. The predicted molar refractivity (Wildman–Crippen MR) is 76.8 cm³/mol. The lowest BCUT2D eigenvalue weighted by molar-refractivity contribution is -0.870. The third-order valence-electron chi connectivity index (χ3n) is 2.27. The number of phosphoric ester groups is 1. The van der Waals surface area contributed by atoms with Gasteiger partial charge in [0.1, 0.15) is 19.8 Å². The Morgan fingerprint density at radius 2 is 1.68 bits per heavy atom. The van der Waals surface area contributed by atoms with E-state index < -0.39 is 25.9 Å². The summed E-state index contributed by atoms with van der Waals surface area (Å²) in [5, 5.41) is 0. The summed E-state index contributed by atoms with van der Waals surface area (Å²) in [6, 6.07) is 0. The van der Waals surface area contributed by atoms with Gasteiger partial charge in [-0.25, -0.2) is 9.36 Å². The fourth-order valence-corrected chi connectivity index (χ4v) is 1.87. The maximum atomic E-state index is 11.5. The fourth-order valence-electron chi connectivity index (χ4n) is 1.18. The molecule has 130 valence electrons. The summed E-state index contributed by atoms with van der Waals surface area (Å²) >= 11 is 0. The number of likely N-dealkylation sites (N-methyl/N-ethyl adjacent to an activating group) is 1. The van der Waals surface area contributed by atoms with Crippen LogP contribution in [0, 0.1) is 0 Å². The minimum Gasteiger partial charge on any atom is -0.460 e. The maximum absolute atomic E-state index is 11.5. The van der Waals surface area contributed by atoms with Crippen LogP contribution < -0.4 is 0 Å². The van der Waals surface area contributed by atoms with E-state index in [0.29, 0.717) is 11.0 Å². The molecule has 0 aromatic heterocycles. The lowest BCUT2D eigenvalue weighted by Crippen LogP contribution is -2.37. The average molecular weight is 342 g/mol. The van der Waals surface area contributed by atoms with Crippen LogP contribution in [0.1, 0.15) is 13.8 Å². The van der Waals surface area contributed by atoms with Crippen molar-refractivity contribution in [1.29, 1.82) is 0 Å². The van der Waals surface area contributed by atoms with Crippen molar-refractivity contribution in [3.8, 4) is 0 Å². The number of nitrogens with zero attached hydrogens (tertiary/aromatic N) is 1. The Morgan fingerprint density at radius 1 is 1.14 bits per heavy atom. The second kappa shape index (κ2) is 9.22. The van der Waals surface area contributed by atoms with Crippen molar-refractivity contribution in [2.75, 3.05) is 47.5 Å². The molecule has 0 aliphatic heterocycles. The summed E-state index contributed by atoms with van der Waals surface area (Å²) in [5.41, 5.74) is 0. The smallest absolute Gasteiger partial charge is 0.460 e.